The number of rotatable bonds is 7. The molecule has 1 spiro atoms. The van der Waals surface area contributed by atoms with E-state index in [1.54, 1.807) is 6.07 Å². The zero-order valence-corrected chi connectivity index (χ0v) is 27.7. The van der Waals surface area contributed by atoms with Crippen LogP contribution in [-0.2, 0) is 54.7 Å². The number of nitrogens with zero attached hydrogens (tertiary/aromatic N) is 3. The Morgan fingerprint density at radius 1 is 0.959 bits per heavy atom. The number of likely N-dealkylation sites (tertiary alicyclic amines) is 1. The Morgan fingerprint density at radius 2 is 1.65 bits per heavy atom. The Bertz CT molecular complexity index is 1740. The molecule has 1 N–H and O–H groups in total. The van der Waals surface area contributed by atoms with Crippen molar-refractivity contribution in [2.45, 2.75) is 102 Å². The van der Waals surface area contributed by atoms with Crippen LogP contribution >= 0.6 is 0 Å². The maximum absolute atomic E-state index is 12.6. The third-order valence-electron chi connectivity index (χ3n) is 9.92. The van der Waals surface area contributed by atoms with Crippen LogP contribution in [0.1, 0.15) is 63.1 Å². The van der Waals surface area contributed by atoms with E-state index < -0.39 is 71.9 Å². The van der Waals surface area contributed by atoms with Crippen LogP contribution in [0.2, 0.25) is 0 Å². The van der Waals surface area contributed by atoms with Crippen LogP contribution in [0.3, 0.4) is 0 Å². The van der Waals surface area contributed by atoms with E-state index in [0.717, 1.165) is 31.9 Å². The smallest absolute Gasteiger partial charge is 0.308 e. The highest BCUT2D eigenvalue weighted by atomic mass is 16.8. The first kappa shape index (κ1) is 33.1. The molecule has 0 saturated carbocycles. The molecule has 2 bridgehead atoms. The number of hydrogen-bond acceptors (Lipinski definition) is 16. The number of aryl methyl sites for hydroxylation is 1. The summed E-state index contributed by atoms with van der Waals surface area (Å²) >= 11 is 0. The summed E-state index contributed by atoms with van der Waals surface area (Å²) in [6, 6.07) is 3.67. The van der Waals surface area contributed by atoms with E-state index in [4.69, 9.17) is 37.6 Å². The number of likely N-dealkylation sites (N-methyl/N-ethyl adjacent to an activating group) is 1. The van der Waals surface area contributed by atoms with Gasteiger partial charge in [0, 0.05) is 52.1 Å². The number of carbonyl (C=O) groups is 4. The Labute approximate surface area is 280 Å². The zero-order chi connectivity index (χ0) is 35.0. The van der Waals surface area contributed by atoms with E-state index in [1.807, 2.05) is 12.1 Å². The van der Waals surface area contributed by atoms with Gasteiger partial charge < -0.3 is 47.6 Å². The monoisotopic (exact) mass is 683 g/mol. The molecule has 3 aliphatic heterocycles. The molecule has 16 heteroatoms. The lowest BCUT2D eigenvalue weighted by Gasteiger charge is -2.58. The van der Waals surface area contributed by atoms with Crippen molar-refractivity contribution in [2.75, 3.05) is 13.6 Å². The fourth-order valence-electron chi connectivity index (χ4n) is 8.27. The van der Waals surface area contributed by atoms with Crippen molar-refractivity contribution in [3.05, 3.63) is 47.2 Å². The Kier molecular flexibility index (Phi) is 8.04. The van der Waals surface area contributed by atoms with Gasteiger partial charge in [0.2, 0.25) is 23.9 Å². The summed E-state index contributed by atoms with van der Waals surface area (Å²) in [5.41, 5.74) is 1.02. The molecule has 2 aliphatic carbocycles. The molecule has 2 saturated heterocycles. The molecule has 1 aromatic heterocycles. The molecule has 49 heavy (non-hydrogen) atoms. The topological polar surface area (TPSA) is 195 Å². The summed E-state index contributed by atoms with van der Waals surface area (Å²) in [6.07, 6.45) is -4.02. The largest absolute Gasteiger partial charge is 0.479 e. The molecule has 262 valence electrons. The summed E-state index contributed by atoms with van der Waals surface area (Å²) in [7, 11) is 2.06. The minimum atomic E-state index is -2.26. The Hall–Kier alpha value is -4.38. The van der Waals surface area contributed by atoms with Crippen LogP contribution in [0.15, 0.2) is 28.7 Å². The molecule has 1 aromatic carbocycles. The quantitative estimate of drug-likeness (QED) is 0.144. The lowest BCUT2D eigenvalue weighted by atomic mass is 9.52. The lowest BCUT2D eigenvalue weighted by molar-refractivity contribution is -0.370. The summed E-state index contributed by atoms with van der Waals surface area (Å²) in [5, 5.41) is 20.5. The number of benzene rings is 1. The van der Waals surface area contributed by atoms with E-state index >= 15 is 0 Å². The summed E-state index contributed by atoms with van der Waals surface area (Å²) in [5.74, 6) is -4.71. The first-order chi connectivity index (χ1) is 23.2. The third-order valence-corrected chi connectivity index (χ3v) is 9.92. The first-order valence-corrected chi connectivity index (χ1v) is 16.0. The van der Waals surface area contributed by atoms with Crippen molar-refractivity contribution in [3.63, 3.8) is 0 Å². The predicted molar refractivity (Wildman–Crippen MR) is 161 cm³/mol. The van der Waals surface area contributed by atoms with Crippen LogP contribution in [0.4, 0.5) is 0 Å². The molecule has 0 amide bonds. The van der Waals surface area contributed by atoms with Gasteiger partial charge in [0.1, 0.15) is 0 Å². The Balaban J connectivity index is 1.34. The van der Waals surface area contributed by atoms with Gasteiger partial charge in [-0.3, -0.25) is 19.2 Å². The highest BCUT2D eigenvalue weighted by Crippen LogP contribution is 2.64. The molecule has 16 nitrogen and oxygen atoms in total. The number of aliphatic hydroxyl groups is 1. The molecular formula is C33H37N3O13. The second-order valence-corrected chi connectivity index (χ2v) is 13.1. The number of esters is 4. The Morgan fingerprint density at radius 3 is 2.31 bits per heavy atom. The van der Waals surface area contributed by atoms with Crippen LogP contribution < -0.4 is 9.47 Å². The maximum atomic E-state index is 12.6. The van der Waals surface area contributed by atoms with E-state index in [0.29, 0.717) is 25.1 Å². The van der Waals surface area contributed by atoms with Gasteiger partial charge in [0.05, 0.1) is 5.41 Å². The van der Waals surface area contributed by atoms with Crippen molar-refractivity contribution in [1.82, 2.24) is 15.1 Å². The first-order valence-electron chi connectivity index (χ1n) is 16.0. The van der Waals surface area contributed by atoms with Gasteiger partial charge in [-0.15, -0.1) is 10.2 Å². The van der Waals surface area contributed by atoms with Crippen LogP contribution in [0.5, 0.6) is 11.5 Å². The molecule has 10 atom stereocenters. The van der Waals surface area contributed by atoms with Crippen LogP contribution in [0, 0.1) is 12.8 Å². The molecule has 4 heterocycles. The maximum Gasteiger partial charge on any atom is 0.308 e. The highest BCUT2D eigenvalue weighted by molar-refractivity contribution is 5.73. The third kappa shape index (κ3) is 5.37. The molecule has 7 rings (SSSR count). The van der Waals surface area contributed by atoms with Crippen LogP contribution in [0.25, 0.3) is 0 Å². The van der Waals surface area contributed by atoms with Gasteiger partial charge in [-0.05, 0) is 44.1 Å². The minimum absolute atomic E-state index is 0.0707. The second kappa shape index (κ2) is 11.9. The SMILES string of the molecule is CC(=O)Oc1ccc2c3c1O[C@@H]1[C@]34CCN(C)[C@H](C2)[C@@H]4C=C[C@]1(O)O[C@H]1OC(c2nnc(C)o2)[C@@H](OC(C)=O)[C@H](OC(C)=O)[C@H]1OC(C)=O. The summed E-state index contributed by atoms with van der Waals surface area (Å²) in [4.78, 5) is 51.6. The number of aromatic nitrogens is 2. The normalized spacial score (nSPS) is 35.5. The van der Waals surface area contributed by atoms with Crippen molar-refractivity contribution in [1.29, 1.82) is 0 Å². The second-order valence-electron chi connectivity index (χ2n) is 13.1. The summed E-state index contributed by atoms with van der Waals surface area (Å²) < 4.78 is 47.3. The average Bonchev–Trinajstić information content (AvgIpc) is 3.61. The predicted octanol–water partition coefficient (Wildman–Crippen LogP) is 1.35. The summed E-state index contributed by atoms with van der Waals surface area (Å²) in [6.45, 7) is 6.91. The number of piperidine rings is 1. The van der Waals surface area contributed by atoms with Crippen LogP contribution in [-0.4, -0.2) is 100 Å². The standard InChI is InChI=1S/C33H37N3O13/c1-14-34-35-29(42-14)27-25(44-16(3)38)26(45-17(4)39)28(46-18(5)40)30(47-27)49-33(41)10-9-20-21-13-19-7-8-22(43-15(2)37)24-23(19)32(20,31(33)48-24)11-12-36(21)6/h7-10,20-21,25-28,30-31,41H,11-13H2,1-6H3/t20-,21+,25-,26-,27?,28+,30+,31+,32-,33-/m0/s1. The average molecular weight is 684 g/mol. The van der Waals surface area contributed by atoms with Crippen molar-refractivity contribution >= 4 is 23.9 Å². The minimum Gasteiger partial charge on any atom is -0.479 e. The molecule has 5 aliphatic rings. The van der Waals surface area contributed by atoms with E-state index in [-0.39, 0.29) is 29.5 Å². The fourth-order valence-corrected chi connectivity index (χ4v) is 8.27. The van der Waals surface area contributed by atoms with Gasteiger partial charge in [-0.1, -0.05) is 12.1 Å². The molecular weight excluding hydrogens is 646 g/mol. The van der Waals surface area contributed by atoms with Gasteiger partial charge in [0.25, 0.3) is 0 Å². The fraction of sp³-hybridized carbons (Fsp3) is 0.576. The van der Waals surface area contributed by atoms with E-state index in [2.05, 4.69) is 22.1 Å². The van der Waals surface area contributed by atoms with Crippen molar-refractivity contribution in [2.24, 2.45) is 5.92 Å². The molecule has 0 radical (unpaired) electrons. The number of ether oxygens (including phenoxy) is 7. The number of carbonyl (C=O) groups excluding carboxylic acids is 4. The van der Waals surface area contributed by atoms with E-state index in [9.17, 15) is 24.3 Å². The van der Waals surface area contributed by atoms with Crippen molar-refractivity contribution < 1.29 is 61.9 Å². The van der Waals surface area contributed by atoms with Gasteiger partial charge >= 0.3 is 23.9 Å². The zero-order valence-electron chi connectivity index (χ0n) is 27.7. The lowest BCUT2D eigenvalue weighted by Crippen LogP contribution is -2.70. The van der Waals surface area contributed by atoms with Crippen molar-refractivity contribution in [3.8, 4) is 11.5 Å². The number of hydrogen-bond donors (Lipinski definition) is 1. The van der Waals surface area contributed by atoms with Gasteiger partial charge in [-0.2, -0.15) is 0 Å². The molecule has 2 fully saturated rings. The van der Waals surface area contributed by atoms with Gasteiger partial charge in [-0.25, -0.2) is 0 Å². The van der Waals surface area contributed by atoms with Gasteiger partial charge in [0.15, 0.2) is 42.0 Å². The van der Waals surface area contributed by atoms with E-state index in [1.165, 1.54) is 19.9 Å². The highest BCUT2D eigenvalue weighted by Gasteiger charge is 2.70. The molecule has 2 aromatic rings. The molecule has 1 unspecified atom stereocenters.